The molecule has 0 spiro atoms. The zero-order valence-electron chi connectivity index (χ0n) is 12.5. The number of rotatable bonds is 14. The summed E-state index contributed by atoms with van der Waals surface area (Å²) >= 11 is 0. The molecule has 1 nitrogen and oxygen atoms in total. The van der Waals surface area contributed by atoms with E-state index in [-0.39, 0.29) is 0 Å². The summed E-state index contributed by atoms with van der Waals surface area (Å²) in [5.74, 6) is 0. The van der Waals surface area contributed by atoms with Crippen molar-refractivity contribution in [3.05, 3.63) is 12.2 Å². The van der Waals surface area contributed by atoms with E-state index in [1.807, 2.05) is 0 Å². The second-order valence-corrected chi connectivity index (χ2v) is 5.31. The summed E-state index contributed by atoms with van der Waals surface area (Å²) < 4.78 is 0. The highest BCUT2D eigenvalue weighted by molar-refractivity contribution is 4.81. The van der Waals surface area contributed by atoms with Crippen molar-refractivity contribution in [2.24, 2.45) is 0 Å². The number of aliphatic hydroxyl groups is 1. The molecule has 0 aromatic rings. The van der Waals surface area contributed by atoms with E-state index in [1.54, 1.807) is 0 Å². The highest BCUT2D eigenvalue weighted by atomic mass is 16.2. The van der Waals surface area contributed by atoms with Gasteiger partial charge in [0.25, 0.3) is 0 Å². The van der Waals surface area contributed by atoms with Crippen LogP contribution >= 0.6 is 0 Å². The number of hydrogen-bond acceptors (Lipinski definition) is 1. The predicted octanol–water partition coefficient (Wildman–Crippen LogP) is 5.63. The second kappa shape index (κ2) is 16.7. The van der Waals surface area contributed by atoms with Crippen LogP contribution in [0, 0.1) is 0 Å². The molecule has 0 aliphatic heterocycles. The normalized spacial score (nSPS) is 11.4. The molecular weight excluding hydrogens is 220 g/mol. The van der Waals surface area contributed by atoms with Crippen molar-refractivity contribution in [3.63, 3.8) is 0 Å². The van der Waals surface area contributed by atoms with Crippen LogP contribution in [0.2, 0.25) is 0 Å². The maximum Gasteiger partial charge on any atom is 0.0431 e. The van der Waals surface area contributed by atoms with Crippen molar-refractivity contribution in [1.29, 1.82) is 0 Å². The molecule has 0 heterocycles. The van der Waals surface area contributed by atoms with E-state index in [9.17, 15) is 0 Å². The summed E-state index contributed by atoms with van der Waals surface area (Å²) in [7, 11) is 0. The molecule has 0 aromatic carbocycles. The minimum absolute atomic E-state index is 0.362. The third-order valence-electron chi connectivity index (χ3n) is 3.42. The Morgan fingerprint density at radius 3 is 1.56 bits per heavy atom. The second-order valence-electron chi connectivity index (χ2n) is 5.31. The van der Waals surface area contributed by atoms with Crippen LogP contribution in [0.1, 0.15) is 90.4 Å². The molecule has 1 N–H and O–H groups in total. The van der Waals surface area contributed by atoms with Gasteiger partial charge in [0.15, 0.2) is 0 Å². The average Bonchev–Trinajstić information content (AvgIpc) is 2.39. The Morgan fingerprint density at radius 1 is 0.611 bits per heavy atom. The van der Waals surface area contributed by atoms with Crippen LogP contribution in [0.5, 0.6) is 0 Å². The van der Waals surface area contributed by atoms with Gasteiger partial charge in [0.05, 0.1) is 0 Å². The largest absolute Gasteiger partial charge is 0.396 e. The van der Waals surface area contributed by atoms with Crippen LogP contribution < -0.4 is 0 Å². The molecule has 0 aliphatic carbocycles. The lowest BCUT2D eigenvalue weighted by Crippen LogP contribution is -1.83. The molecule has 0 unspecified atom stereocenters. The minimum atomic E-state index is 0.362. The third kappa shape index (κ3) is 15.7. The van der Waals surface area contributed by atoms with Crippen LogP contribution in [0.3, 0.4) is 0 Å². The molecule has 0 radical (unpaired) electrons. The Balaban J connectivity index is 3.00. The first kappa shape index (κ1) is 17.7. The summed E-state index contributed by atoms with van der Waals surface area (Å²) in [4.78, 5) is 0. The quantitative estimate of drug-likeness (QED) is 0.315. The van der Waals surface area contributed by atoms with Gasteiger partial charge in [-0.1, -0.05) is 70.4 Å². The van der Waals surface area contributed by atoms with Gasteiger partial charge < -0.3 is 5.11 Å². The van der Waals surface area contributed by atoms with E-state index < -0.39 is 0 Å². The average molecular weight is 254 g/mol. The topological polar surface area (TPSA) is 20.2 Å². The van der Waals surface area contributed by atoms with Crippen LogP contribution in [-0.4, -0.2) is 11.7 Å². The fourth-order valence-electron chi connectivity index (χ4n) is 2.18. The number of aliphatic hydroxyl groups excluding tert-OH is 1. The van der Waals surface area contributed by atoms with E-state index in [0.717, 1.165) is 6.42 Å². The van der Waals surface area contributed by atoms with E-state index in [1.165, 1.54) is 77.0 Å². The van der Waals surface area contributed by atoms with Crippen LogP contribution in [-0.2, 0) is 0 Å². The van der Waals surface area contributed by atoms with Gasteiger partial charge >= 0.3 is 0 Å². The van der Waals surface area contributed by atoms with Gasteiger partial charge in [0, 0.05) is 6.61 Å². The van der Waals surface area contributed by atoms with E-state index in [4.69, 9.17) is 5.11 Å². The van der Waals surface area contributed by atoms with E-state index in [2.05, 4.69) is 19.1 Å². The Morgan fingerprint density at radius 2 is 1.06 bits per heavy atom. The Labute approximate surface area is 115 Å². The van der Waals surface area contributed by atoms with Crippen molar-refractivity contribution in [1.82, 2.24) is 0 Å². The zero-order chi connectivity index (χ0) is 13.3. The predicted molar refractivity (Wildman–Crippen MR) is 81.9 cm³/mol. The summed E-state index contributed by atoms with van der Waals surface area (Å²) in [5.41, 5.74) is 0. The number of allylic oxidation sites excluding steroid dienone is 2. The molecule has 0 saturated carbocycles. The van der Waals surface area contributed by atoms with Crippen molar-refractivity contribution in [2.75, 3.05) is 6.61 Å². The summed E-state index contributed by atoms with van der Waals surface area (Å²) in [6.07, 6.45) is 21.7. The third-order valence-corrected chi connectivity index (χ3v) is 3.42. The van der Waals surface area contributed by atoms with Gasteiger partial charge in [-0.15, -0.1) is 0 Å². The lowest BCUT2D eigenvalue weighted by Gasteiger charge is -1.99. The van der Waals surface area contributed by atoms with Gasteiger partial charge in [-0.3, -0.25) is 0 Å². The van der Waals surface area contributed by atoms with Crippen LogP contribution in [0.25, 0.3) is 0 Å². The molecule has 0 saturated heterocycles. The van der Waals surface area contributed by atoms with E-state index >= 15 is 0 Å². The molecule has 0 aliphatic rings. The van der Waals surface area contributed by atoms with Gasteiger partial charge in [-0.05, 0) is 32.1 Å². The first-order valence-electron chi connectivity index (χ1n) is 8.17. The standard InChI is InChI=1S/C17H34O/c1-2-3-4-5-6-7-8-9-10-11-12-13-14-15-16-17-18/h8-9,18H,2-7,10-17H2,1H3/b9-8+. The Hall–Kier alpha value is -0.300. The van der Waals surface area contributed by atoms with E-state index in [0.29, 0.717) is 6.61 Å². The first-order valence-corrected chi connectivity index (χ1v) is 8.17. The summed E-state index contributed by atoms with van der Waals surface area (Å²) in [6, 6.07) is 0. The van der Waals surface area contributed by atoms with Gasteiger partial charge in [-0.2, -0.15) is 0 Å². The van der Waals surface area contributed by atoms with Crippen molar-refractivity contribution in [2.45, 2.75) is 90.4 Å². The summed E-state index contributed by atoms with van der Waals surface area (Å²) in [5, 5.41) is 8.65. The van der Waals surface area contributed by atoms with Gasteiger partial charge in [-0.25, -0.2) is 0 Å². The zero-order valence-corrected chi connectivity index (χ0v) is 12.5. The van der Waals surface area contributed by atoms with Crippen molar-refractivity contribution < 1.29 is 5.11 Å². The number of unbranched alkanes of at least 4 members (excludes halogenated alkanes) is 11. The fourth-order valence-corrected chi connectivity index (χ4v) is 2.18. The maximum absolute atomic E-state index is 8.65. The lowest BCUT2D eigenvalue weighted by atomic mass is 10.1. The van der Waals surface area contributed by atoms with Crippen molar-refractivity contribution in [3.8, 4) is 0 Å². The Bertz CT molecular complexity index is 163. The molecular formula is C17H34O. The molecule has 0 amide bonds. The molecule has 0 rings (SSSR count). The molecule has 0 bridgehead atoms. The summed E-state index contributed by atoms with van der Waals surface area (Å²) in [6.45, 7) is 2.63. The van der Waals surface area contributed by atoms with Crippen LogP contribution in [0.4, 0.5) is 0 Å². The molecule has 18 heavy (non-hydrogen) atoms. The number of hydrogen-bond donors (Lipinski definition) is 1. The highest BCUT2D eigenvalue weighted by Gasteiger charge is 1.90. The fraction of sp³-hybridized carbons (Fsp3) is 0.882. The van der Waals surface area contributed by atoms with Gasteiger partial charge in [0.1, 0.15) is 0 Å². The lowest BCUT2D eigenvalue weighted by molar-refractivity contribution is 0.282. The molecule has 1 heteroatoms. The molecule has 0 aromatic heterocycles. The monoisotopic (exact) mass is 254 g/mol. The molecule has 0 fully saturated rings. The smallest absolute Gasteiger partial charge is 0.0431 e. The van der Waals surface area contributed by atoms with Gasteiger partial charge in [0.2, 0.25) is 0 Å². The van der Waals surface area contributed by atoms with Crippen LogP contribution in [0.15, 0.2) is 12.2 Å². The highest BCUT2D eigenvalue weighted by Crippen LogP contribution is 2.09. The first-order chi connectivity index (χ1) is 8.91. The maximum atomic E-state index is 8.65. The van der Waals surface area contributed by atoms with Crippen molar-refractivity contribution >= 4 is 0 Å². The minimum Gasteiger partial charge on any atom is -0.396 e. The molecule has 108 valence electrons. The SMILES string of the molecule is CCCCCCC/C=C/CCCCCCCCO. The molecule has 0 atom stereocenters. The Kier molecular flexibility index (Phi) is 16.4.